The van der Waals surface area contributed by atoms with Gasteiger partial charge in [0.15, 0.2) is 0 Å². The second kappa shape index (κ2) is 5.45. The van der Waals surface area contributed by atoms with E-state index in [9.17, 15) is 0 Å². The molecule has 1 aromatic rings. The van der Waals surface area contributed by atoms with Gasteiger partial charge >= 0.3 is 0 Å². The van der Waals surface area contributed by atoms with Crippen molar-refractivity contribution in [3.05, 3.63) is 35.9 Å². The van der Waals surface area contributed by atoms with Crippen molar-refractivity contribution < 1.29 is 9.84 Å². The fourth-order valence-corrected chi connectivity index (χ4v) is 1.25. The average Bonchev–Trinajstić information content (AvgIpc) is 2.26. The topological polar surface area (TPSA) is 29.5 Å². The number of hydrogen-bond acceptors (Lipinski definition) is 2. The molecule has 0 unspecified atom stereocenters. The normalized spacial score (nSPS) is 11.5. The van der Waals surface area contributed by atoms with Gasteiger partial charge in [0, 0.05) is 6.61 Å². The minimum Gasteiger partial charge on any atom is -0.497 e. The van der Waals surface area contributed by atoms with Crippen LogP contribution < -0.4 is 4.74 Å². The minimum absolute atomic E-state index is 0.202. The fourth-order valence-electron chi connectivity index (χ4n) is 1.25. The summed E-state index contributed by atoms with van der Waals surface area (Å²) in [6.45, 7) is 2.24. The van der Waals surface area contributed by atoms with Crippen LogP contribution in [0.3, 0.4) is 0 Å². The zero-order chi connectivity index (χ0) is 10.4. The van der Waals surface area contributed by atoms with E-state index in [0.29, 0.717) is 6.42 Å². The van der Waals surface area contributed by atoms with Crippen LogP contribution in [0.2, 0.25) is 0 Å². The summed E-state index contributed by atoms with van der Waals surface area (Å²) in [5, 5.41) is 8.68. The summed E-state index contributed by atoms with van der Waals surface area (Å²) in [5.74, 6) is 0.865. The SMILES string of the molecule is COc1ccc(/C(C)=C/CCO)cc1. The van der Waals surface area contributed by atoms with Crippen molar-refractivity contribution in [1.29, 1.82) is 0 Å². The minimum atomic E-state index is 0.202. The molecule has 0 spiro atoms. The third kappa shape index (κ3) is 2.89. The van der Waals surface area contributed by atoms with Gasteiger partial charge in [-0.15, -0.1) is 0 Å². The molecule has 0 aliphatic carbocycles. The first-order chi connectivity index (χ1) is 6.77. The Morgan fingerprint density at radius 2 is 2.00 bits per heavy atom. The van der Waals surface area contributed by atoms with Gasteiger partial charge in [0.05, 0.1) is 7.11 Å². The molecule has 0 aliphatic rings. The highest BCUT2D eigenvalue weighted by atomic mass is 16.5. The monoisotopic (exact) mass is 192 g/mol. The smallest absolute Gasteiger partial charge is 0.118 e. The number of benzene rings is 1. The van der Waals surface area contributed by atoms with Crippen LogP contribution in [0.5, 0.6) is 5.75 Å². The number of rotatable bonds is 4. The summed E-state index contributed by atoms with van der Waals surface area (Å²) in [7, 11) is 1.66. The van der Waals surface area contributed by atoms with E-state index in [4.69, 9.17) is 9.84 Å². The molecular formula is C12H16O2. The van der Waals surface area contributed by atoms with E-state index in [2.05, 4.69) is 0 Å². The third-order valence-electron chi connectivity index (χ3n) is 2.12. The quantitative estimate of drug-likeness (QED) is 0.794. The third-order valence-corrected chi connectivity index (χ3v) is 2.12. The Bertz CT molecular complexity index is 299. The summed E-state index contributed by atoms with van der Waals surface area (Å²) in [5.41, 5.74) is 2.35. The predicted molar refractivity (Wildman–Crippen MR) is 58.3 cm³/mol. The Labute approximate surface area is 84.8 Å². The van der Waals surface area contributed by atoms with Crippen LogP contribution in [0, 0.1) is 0 Å². The predicted octanol–water partition coefficient (Wildman–Crippen LogP) is 2.48. The second-order valence-corrected chi connectivity index (χ2v) is 3.13. The molecule has 1 N–H and O–H groups in total. The van der Waals surface area contributed by atoms with Gasteiger partial charge < -0.3 is 9.84 Å². The van der Waals surface area contributed by atoms with Crippen molar-refractivity contribution >= 4 is 5.57 Å². The maximum Gasteiger partial charge on any atom is 0.118 e. The van der Waals surface area contributed by atoms with Crippen molar-refractivity contribution in [2.45, 2.75) is 13.3 Å². The molecule has 2 heteroatoms. The Hall–Kier alpha value is -1.28. The van der Waals surface area contributed by atoms with E-state index >= 15 is 0 Å². The van der Waals surface area contributed by atoms with Crippen LogP contribution in [0.4, 0.5) is 0 Å². The molecule has 0 aromatic heterocycles. The zero-order valence-electron chi connectivity index (χ0n) is 8.66. The van der Waals surface area contributed by atoms with Gasteiger partial charge in [-0.05, 0) is 36.6 Å². The van der Waals surface area contributed by atoms with Gasteiger partial charge in [0.25, 0.3) is 0 Å². The van der Waals surface area contributed by atoms with Gasteiger partial charge in [-0.2, -0.15) is 0 Å². The van der Waals surface area contributed by atoms with Gasteiger partial charge in [-0.25, -0.2) is 0 Å². The summed E-state index contributed by atoms with van der Waals surface area (Å²) >= 11 is 0. The Kier molecular flexibility index (Phi) is 4.20. The van der Waals surface area contributed by atoms with Crippen LogP contribution in [-0.2, 0) is 0 Å². The molecule has 2 nitrogen and oxygen atoms in total. The zero-order valence-corrected chi connectivity index (χ0v) is 8.66. The number of aliphatic hydroxyl groups excluding tert-OH is 1. The Morgan fingerprint density at radius 1 is 1.36 bits per heavy atom. The first-order valence-electron chi connectivity index (χ1n) is 4.70. The van der Waals surface area contributed by atoms with Gasteiger partial charge in [-0.1, -0.05) is 18.2 Å². The van der Waals surface area contributed by atoms with Crippen molar-refractivity contribution in [1.82, 2.24) is 0 Å². The summed E-state index contributed by atoms with van der Waals surface area (Å²) in [4.78, 5) is 0. The molecule has 0 saturated carbocycles. The van der Waals surface area contributed by atoms with Crippen molar-refractivity contribution in [2.75, 3.05) is 13.7 Å². The maximum absolute atomic E-state index is 8.68. The number of hydrogen-bond donors (Lipinski definition) is 1. The number of methoxy groups -OCH3 is 1. The molecule has 0 amide bonds. The molecule has 0 heterocycles. The van der Waals surface area contributed by atoms with Crippen molar-refractivity contribution in [3.8, 4) is 5.75 Å². The summed E-state index contributed by atoms with van der Waals surface area (Å²) in [6, 6.07) is 7.90. The van der Waals surface area contributed by atoms with E-state index < -0.39 is 0 Å². The molecule has 1 rings (SSSR count). The lowest BCUT2D eigenvalue weighted by molar-refractivity contribution is 0.303. The van der Waals surface area contributed by atoms with Gasteiger partial charge in [-0.3, -0.25) is 0 Å². The summed E-state index contributed by atoms with van der Waals surface area (Å²) < 4.78 is 5.07. The maximum atomic E-state index is 8.68. The molecule has 14 heavy (non-hydrogen) atoms. The van der Waals surface area contributed by atoms with Crippen molar-refractivity contribution in [3.63, 3.8) is 0 Å². The average molecular weight is 192 g/mol. The van der Waals surface area contributed by atoms with Crippen LogP contribution >= 0.6 is 0 Å². The van der Waals surface area contributed by atoms with E-state index in [0.717, 1.165) is 5.75 Å². The highest BCUT2D eigenvalue weighted by Crippen LogP contribution is 2.18. The van der Waals surface area contributed by atoms with Crippen LogP contribution in [0.1, 0.15) is 18.9 Å². The highest BCUT2D eigenvalue weighted by Gasteiger charge is 1.95. The largest absolute Gasteiger partial charge is 0.497 e. The number of ether oxygens (including phenoxy) is 1. The fraction of sp³-hybridized carbons (Fsp3) is 0.333. The highest BCUT2D eigenvalue weighted by molar-refractivity contribution is 5.64. The Morgan fingerprint density at radius 3 is 2.50 bits per heavy atom. The van der Waals surface area contributed by atoms with Crippen LogP contribution in [0.15, 0.2) is 30.3 Å². The van der Waals surface area contributed by atoms with E-state index in [1.54, 1.807) is 7.11 Å². The molecule has 0 saturated heterocycles. The lowest BCUT2D eigenvalue weighted by Crippen LogP contribution is -1.85. The molecule has 0 fully saturated rings. The molecule has 0 aliphatic heterocycles. The lowest BCUT2D eigenvalue weighted by atomic mass is 10.1. The molecule has 0 atom stereocenters. The second-order valence-electron chi connectivity index (χ2n) is 3.13. The molecule has 76 valence electrons. The molecule has 0 bridgehead atoms. The molecular weight excluding hydrogens is 176 g/mol. The van der Waals surface area contributed by atoms with E-state index in [1.807, 2.05) is 37.3 Å². The first-order valence-corrected chi connectivity index (χ1v) is 4.70. The number of allylic oxidation sites excluding steroid dienone is 1. The van der Waals surface area contributed by atoms with E-state index in [-0.39, 0.29) is 6.61 Å². The lowest BCUT2D eigenvalue weighted by Gasteiger charge is -2.03. The standard InChI is InChI=1S/C12H16O2/c1-10(4-3-9-13)11-5-7-12(14-2)8-6-11/h4-8,13H,3,9H2,1-2H3/b10-4+. The van der Waals surface area contributed by atoms with Gasteiger partial charge in [0.1, 0.15) is 5.75 Å². The van der Waals surface area contributed by atoms with Crippen LogP contribution in [0.25, 0.3) is 5.57 Å². The van der Waals surface area contributed by atoms with Crippen molar-refractivity contribution in [2.24, 2.45) is 0 Å². The summed E-state index contributed by atoms with van der Waals surface area (Å²) in [6.07, 6.45) is 2.74. The Balaban J connectivity index is 2.76. The molecule has 0 radical (unpaired) electrons. The van der Waals surface area contributed by atoms with Crippen LogP contribution in [-0.4, -0.2) is 18.8 Å². The molecule has 1 aromatic carbocycles. The number of aliphatic hydroxyl groups is 1. The van der Waals surface area contributed by atoms with E-state index in [1.165, 1.54) is 11.1 Å². The first kappa shape index (κ1) is 10.8. The van der Waals surface area contributed by atoms with Gasteiger partial charge in [0.2, 0.25) is 0 Å².